The van der Waals surface area contributed by atoms with Crippen molar-refractivity contribution in [2.75, 3.05) is 5.32 Å². The van der Waals surface area contributed by atoms with Crippen molar-refractivity contribution in [1.82, 2.24) is 9.36 Å². The number of nitrogens with zero attached hydrogens (tertiary/aromatic N) is 2. The molecule has 0 saturated carbocycles. The molecule has 1 aromatic heterocycles. The maximum atomic E-state index is 6.14. The maximum Gasteiger partial charge on any atom is 0.203 e. The van der Waals surface area contributed by atoms with Gasteiger partial charge in [0, 0.05) is 21.6 Å². The standard InChI is InChI=1S/C11H11Cl2N3S/c1-6(14-11-15-7(2)16-17-11)9-4-3-8(12)5-10(9)13/h3-6H,1-2H3,(H,14,15,16). The summed E-state index contributed by atoms with van der Waals surface area (Å²) in [6, 6.07) is 5.54. The molecule has 0 spiro atoms. The lowest BCUT2D eigenvalue weighted by atomic mass is 10.1. The van der Waals surface area contributed by atoms with E-state index in [1.165, 1.54) is 11.5 Å². The molecule has 0 aliphatic heterocycles. The van der Waals surface area contributed by atoms with Gasteiger partial charge in [-0.15, -0.1) is 0 Å². The van der Waals surface area contributed by atoms with Gasteiger partial charge in [-0.1, -0.05) is 29.3 Å². The van der Waals surface area contributed by atoms with Crippen LogP contribution in [0.3, 0.4) is 0 Å². The Hall–Kier alpha value is -0.840. The molecule has 1 N–H and O–H groups in total. The van der Waals surface area contributed by atoms with Crippen LogP contribution < -0.4 is 5.32 Å². The van der Waals surface area contributed by atoms with Crippen LogP contribution >= 0.6 is 34.7 Å². The van der Waals surface area contributed by atoms with Gasteiger partial charge in [0.25, 0.3) is 0 Å². The van der Waals surface area contributed by atoms with Gasteiger partial charge in [-0.2, -0.15) is 4.37 Å². The first-order chi connectivity index (χ1) is 8.06. The number of benzene rings is 1. The first-order valence-electron chi connectivity index (χ1n) is 5.08. The highest BCUT2D eigenvalue weighted by molar-refractivity contribution is 7.09. The monoisotopic (exact) mass is 287 g/mol. The fourth-order valence-corrected chi connectivity index (χ4v) is 2.71. The molecule has 1 aromatic carbocycles. The summed E-state index contributed by atoms with van der Waals surface area (Å²) in [6.07, 6.45) is 0. The Morgan fingerprint density at radius 1 is 1.35 bits per heavy atom. The van der Waals surface area contributed by atoms with Crippen molar-refractivity contribution < 1.29 is 0 Å². The van der Waals surface area contributed by atoms with Crippen molar-refractivity contribution in [3.63, 3.8) is 0 Å². The van der Waals surface area contributed by atoms with E-state index in [1.807, 2.05) is 26.0 Å². The van der Waals surface area contributed by atoms with E-state index in [4.69, 9.17) is 23.2 Å². The minimum absolute atomic E-state index is 0.0621. The lowest BCUT2D eigenvalue weighted by molar-refractivity contribution is 0.880. The van der Waals surface area contributed by atoms with Gasteiger partial charge in [0.05, 0.1) is 6.04 Å². The van der Waals surface area contributed by atoms with E-state index in [1.54, 1.807) is 6.07 Å². The maximum absolute atomic E-state index is 6.14. The molecule has 1 atom stereocenters. The molecule has 2 aromatic rings. The van der Waals surface area contributed by atoms with E-state index in [0.717, 1.165) is 16.5 Å². The average Bonchev–Trinajstić information content (AvgIpc) is 2.63. The fraction of sp³-hybridized carbons (Fsp3) is 0.273. The minimum Gasteiger partial charge on any atom is -0.354 e. The molecule has 2 rings (SSSR count). The van der Waals surface area contributed by atoms with E-state index < -0.39 is 0 Å². The van der Waals surface area contributed by atoms with Crippen LogP contribution in [0, 0.1) is 6.92 Å². The van der Waals surface area contributed by atoms with Crippen LogP contribution in [-0.2, 0) is 0 Å². The SMILES string of the molecule is Cc1nsc(NC(C)c2ccc(Cl)cc2Cl)n1. The van der Waals surface area contributed by atoms with Gasteiger partial charge in [-0.25, -0.2) is 4.98 Å². The van der Waals surface area contributed by atoms with Gasteiger partial charge in [0.15, 0.2) is 0 Å². The van der Waals surface area contributed by atoms with Gasteiger partial charge >= 0.3 is 0 Å². The second kappa shape index (κ2) is 5.21. The molecular formula is C11H11Cl2N3S. The molecule has 3 nitrogen and oxygen atoms in total. The van der Waals surface area contributed by atoms with Gasteiger partial charge < -0.3 is 5.32 Å². The van der Waals surface area contributed by atoms with Gasteiger partial charge in [0.1, 0.15) is 5.82 Å². The molecule has 0 saturated heterocycles. The third-order valence-corrected chi connectivity index (χ3v) is 3.60. The van der Waals surface area contributed by atoms with Crippen molar-refractivity contribution in [1.29, 1.82) is 0 Å². The van der Waals surface area contributed by atoms with Crippen LogP contribution in [-0.4, -0.2) is 9.36 Å². The van der Waals surface area contributed by atoms with E-state index in [9.17, 15) is 0 Å². The molecule has 90 valence electrons. The number of aromatic nitrogens is 2. The Bertz CT molecular complexity index is 527. The van der Waals surface area contributed by atoms with Crippen LogP contribution in [0.1, 0.15) is 24.4 Å². The first-order valence-corrected chi connectivity index (χ1v) is 6.61. The number of nitrogens with one attached hydrogen (secondary N) is 1. The van der Waals surface area contributed by atoms with Gasteiger partial charge in [-0.3, -0.25) is 0 Å². The quantitative estimate of drug-likeness (QED) is 0.913. The number of aryl methyl sites for hydroxylation is 1. The number of rotatable bonds is 3. The summed E-state index contributed by atoms with van der Waals surface area (Å²) < 4.78 is 4.11. The summed E-state index contributed by atoms with van der Waals surface area (Å²) in [5.74, 6) is 0.770. The zero-order valence-electron chi connectivity index (χ0n) is 9.37. The zero-order valence-corrected chi connectivity index (χ0v) is 11.7. The highest BCUT2D eigenvalue weighted by Crippen LogP contribution is 2.28. The van der Waals surface area contributed by atoms with E-state index in [-0.39, 0.29) is 6.04 Å². The van der Waals surface area contributed by atoms with Gasteiger partial charge in [-0.05, 0) is 31.5 Å². The molecule has 1 heterocycles. The van der Waals surface area contributed by atoms with Crippen molar-refractivity contribution in [3.05, 3.63) is 39.6 Å². The average molecular weight is 288 g/mol. The summed E-state index contributed by atoms with van der Waals surface area (Å²) in [5, 5.41) is 5.34. The van der Waals surface area contributed by atoms with Crippen LogP contribution in [0.15, 0.2) is 18.2 Å². The Morgan fingerprint density at radius 2 is 2.12 bits per heavy atom. The van der Waals surface area contributed by atoms with Crippen molar-refractivity contribution >= 4 is 39.9 Å². The van der Waals surface area contributed by atoms with E-state index in [0.29, 0.717) is 10.0 Å². The Kier molecular flexibility index (Phi) is 3.86. The normalized spacial score (nSPS) is 12.5. The molecule has 0 amide bonds. The molecular weight excluding hydrogens is 277 g/mol. The summed E-state index contributed by atoms with van der Waals surface area (Å²) in [4.78, 5) is 4.25. The van der Waals surface area contributed by atoms with Crippen LogP contribution in [0.2, 0.25) is 10.0 Å². The number of anilines is 1. The van der Waals surface area contributed by atoms with Crippen LogP contribution in [0.25, 0.3) is 0 Å². The summed E-state index contributed by atoms with van der Waals surface area (Å²) >= 11 is 13.3. The molecule has 6 heteroatoms. The van der Waals surface area contributed by atoms with Gasteiger partial charge in [0.2, 0.25) is 5.13 Å². The molecule has 0 radical (unpaired) electrons. The van der Waals surface area contributed by atoms with E-state index >= 15 is 0 Å². The van der Waals surface area contributed by atoms with E-state index in [2.05, 4.69) is 14.7 Å². The third-order valence-electron chi connectivity index (χ3n) is 2.30. The molecule has 0 fully saturated rings. The summed E-state index contributed by atoms with van der Waals surface area (Å²) in [6.45, 7) is 3.88. The second-order valence-corrected chi connectivity index (χ2v) is 5.27. The van der Waals surface area contributed by atoms with Crippen LogP contribution in [0.4, 0.5) is 5.13 Å². The van der Waals surface area contributed by atoms with Crippen molar-refractivity contribution in [3.8, 4) is 0 Å². The lowest BCUT2D eigenvalue weighted by Crippen LogP contribution is -2.06. The third kappa shape index (κ3) is 3.09. The predicted molar refractivity (Wildman–Crippen MR) is 73.1 cm³/mol. The number of hydrogen-bond donors (Lipinski definition) is 1. The molecule has 0 aliphatic carbocycles. The van der Waals surface area contributed by atoms with Crippen molar-refractivity contribution in [2.24, 2.45) is 0 Å². The van der Waals surface area contributed by atoms with Crippen molar-refractivity contribution in [2.45, 2.75) is 19.9 Å². The highest BCUT2D eigenvalue weighted by atomic mass is 35.5. The Balaban J connectivity index is 2.17. The van der Waals surface area contributed by atoms with Crippen LogP contribution in [0.5, 0.6) is 0 Å². The minimum atomic E-state index is 0.0621. The summed E-state index contributed by atoms with van der Waals surface area (Å²) in [7, 11) is 0. The number of hydrogen-bond acceptors (Lipinski definition) is 4. The predicted octanol–water partition coefficient (Wildman–Crippen LogP) is 4.33. The first kappa shape index (κ1) is 12.6. The second-order valence-electron chi connectivity index (χ2n) is 3.68. The Morgan fingerprint density at radius 3 is 2.71 bits per heavy atom. The topological polar surface area (TPSA) is 37.8 Å². The summed E-state index contributed by atoms with van der Waals surface area (Å²) in [5.41, 5.74) is 0.990. The lowest BCUT2D eigenvalue weighted by Gasteiger charge is -2.14. The smallest absolute Gasteiger partial charge is 0.203 e. The number of halogens is 2. The molecule has 0 aliphatic rings. The largest absolute Gasteiger partial charge is 0.354 e. The molecule has 1 unspecified atom stereocenters. The zero-order chi connectivity index (χ0) is 12.4. The molecule has 17 heavy (non-hydrogen) atoms. The molecule has 0 bridgehead atoms. The fourth-order valence-electron chi connectivity index (χ4n) is 1.47. The highest BCUT2D eigenvalue weighted by Gasteiger charge is 2.11. The Labute approximate surface area is 114 Å².